The third-order valence-corrected chi connectivity index (χ3v) is 4.56. The fraction of sp³-hybridized carbons (Fsp3) is 0.889. The number of amidine groups is 1. The largest absolute Gasteiger partial charge is 1.00 e. The molecule has 1 N–H and O–H groups in total. The summed E-state index contributed by atoms with van der Waals surface area (Å²) in [7, 11) is 0. The van der Waals surface area contributed by atoms with Crippen LogP contribution >= 0.6 is 0 Å². The first kappa shape index (κ1) is 23.9. The molecule has 0 spiro atoms. The summed E-state index contributed by atoms with van der Waals surface area (Å²) in [6.07, 6.45) is 12.5. The Morgan fingerprint density at radius 1 is 1.12 bits per heavy atom. The van der Waals surface area contributed by atoms with Gasteiger partial charge in [-0.15, -0.1) is 0 Å². The predicted octanol–water partition coefficient (Wildman–Crippen LogP) is -1.62. The van der Waals surface area contributed by atoms with Crippen LogP contribution in [-0.4, -0.2) is 59.2 Å². The van der Waals surface area contributed by atoms with Crippen LogP contribution in [0.2, 0.25) is 0 Å². The molecule has 0 aromatic heterocycles. The molecule has 1 rings (SSSR count). The van der Waals surface area contributed by atoms with Gasteiger partial charge in [-0.05, 0) is 6.42 Å². The first-order valence-corrected chi connectivity index (χ1v) is 9.35. The van der Waals surface area contributed by atoms with E-state index in [1.54, 1.807) is 0 Å². The van der Waals surface area contributed by atoms with Gasteiger partial charge >= 0.3 is 29.6 Å². The van der Waals surface area contributed by atoms with Crippen molar-refractivity contribution in [2.45, 2.75) is 71.1 Å². The van der Waals surface area contributed by atoms with Gasteiger partial charge in [0.25, 0.3) is 0 Å². The van der Waals surface area contributed by atoms with E-state index in [9.17, 15) is 9.90 Å². The third-order valence-electron chi connectivity index (χ3n) is 4.56. The average Bonchev–Trinajstić information content (AvgIpc) is 2.87. The zero-order valence-corrected chi connectivity index (χ0v) is 17.8. The number of rotatable bonds is 14. The van der Waals surface area contributed by atoms with Gasteiger partial charge in [-0.2, -0.15) is 0 Å². The quantitative estimate of drug-likeness (QED) is 0.233. The number of aliphatic hydroxyl groups excluding tert-OH is 1. The smallest absolute Gasteiger partial charge is 0.546 e. The number of aliphatic carboxylic acids is 1. The van der Waals surface area contributed by atoms with Crippen LogP contribution in [0.4, 0.5) is 0 Å². The minimum atomic E-state index is -1.03. The molecule has 134 valence electrons. The number of β-amino-alcohol motifs (C(OH)–C–C–N with tert-alkyl or cyclic N) is 1. The summed E-state index contributed by atoms with van der Waals surface area (Å²) in [6, 6.07) is 0. The molecule has 1 aliphatic rings. The zero-order valence-electron chi connectivity index (χ0n) is 15.8. The summed E-state index contributed by atoms with van der Waals surface area (Å²) < 4.78 is 1.90. The van der Waals surface area contributed by atoms with E-state index in [-0.39, 0.29) is 42.7 Å². The van der Waals surface area contributed by atoms with E-state index in [4.69, 9.17) is 5.11 Å². The van der Waals surface area contributed by atoms with Crippen molar-refractivity contribution in [3.8, 4) is 0 Å². The van der Waals surface area contributed by atoms with E-state index in [1.807, 2.05) is 4.58 Å². The van der Waals surface area contributed by atoms with Crippen molar-refractivity contribution in [1.82, 2.24) is 4.90 Å². The SMILES string of the molecule is CCCCCCCCCCCC1=[N+](CC(=O)[O-])CCN1CCO.[Na+]. The standard InChI is InChI=1S/C18H34N2O3.Na/c1-2-3-4-5-6-7-8-9-10-11-17-19(14-15-21)12-13-20(17)16-18(22)23;/h21H,2-16H2,1H3;/q;+1. The van der Waals surface area contributed by atoms with E-state index in [0.717, 1.165) is 31.8 Å². The van der Waals surface area contributed by atoms with Gasteiger partial charge < -0.3 is 15.0 Å². The minimum absolute atomic E-state index is 0. The summed E-state index contributed by atoms with van der Waals surface area (Å²) in [5.74, 6) is 0.0478. The van der Waals surface area contributed by atoms with Crippen molar-refractivity contribution in [2.24, 2.45) is 0 Å². The van der Waals surface area contributed by atoms with Crippen LogP contribution in [0.1, 0.15) is 71.1 Å². The van der Waals surface area contributed by atoms with E-state index < -0.39 is 5.97 Å². The fourth-order valence-corrected chi connectivity index (χ4v) is 3.30. The van der Waals surface area contributed by atoms with E-state index in [1.165, 1.54) is 51.4 Å². The second kappa shape index (κ2) is 15.2. The van der Waals surface area contributed by atoms with Crippen LogP contribution in [0, 0.1) is 0 Å². The molecule has 0 aliphatic carbocycles. The molecule has 0 atom stereocenters. The van der Waals surface area contributed by atoms with Crippen LogP contribution in [0.3, 0.4) is 0 Å². The number of carboxylic acids is 1. The molecular formula is C18H34N2NaO3+. The molecule has 1 aliphatic heterocycles. The fourth-order valence-electron chi connectivity index (χ4n) is 3.30. The number of carboxylic acid groups (broad SMARTS) is 1. The van der Waals surface area contributed by atoms with Gasteiger partial charge in [0.05, 0.1) is 12.6 Å². The molecule has 6 heteroatoms. The van der Waals surface area contributed by atoms with Crippen molar-refractivity contribution in [3.63, 3.8) is 0 Å². The van der Waals surface area contributed by atoms with Gasteiger partial charge in [0.15, 0.2) is 0 Å². The molecule has 0 unspecified atom stereocenters. The van der Waals surface area contributed by atoms with E-state index >= 15 is 0 Å². The van der Waals surface area contributed by atoms with Crippen molar-refractivity contribution in [1.29, 1.82) is 0 Å². The molecular weight excluding hydrogens is 315 g/mol. The van der Waals surface area contributed by atoms with Crippen molar-refractivity contribution in [2.75, 3.05) is 32.8 Å². The van der Waals surface area contributed by atoms with Crippen LogP contribution in [0.5, 0.6) is 0 Å². The Kier molecular flexibility index (Phi) is 15.1. The molecule has 24 heavy (non-hydrogen) atoms. The third kappa shape index (κ3) is 10.0. The number of hydrogen-bond donors (Lipinski definition) is 1. The van der Waals surface area contributed by atoms with Gasteiger partial charge in [0.2, 0.25) is 5.84 Å². The summed E-state index contributed by atoms with van der Waals surface area (Å²) >= 11 is 0. The predicted molar refractivity (Wildman–Crippen MR) is 90.5 cm³/mol. The van der Waals surface area contributed by atoms with Gasteiger partial charge in [0, 0.05) is 6.42 Å². The summed E-state index contributed by atoms with van der Waals surface area (Å²) in [5.41, 5.74) is 0. The van der Waals surface area contributed by atoms with Crippen LogP contribution in [0.15, 0.2) is 0 Å². The Morgan fingerprint density at radius 2 is 1.71 bits per heavy atom. The van der Waals surface area contributed by atoms with Gasteiger partial charge in [-0.1, -0.05) is 58.3 Å². The second-order valence-corrected chi connectivity index (χ2v) is 6.50. The molecule has 0 fully saturated rings. The van der Waals surface area contributed by atoms with Crippen molar-refractivity contribution < 1.29 is 49.1 Å². The monoisotopic (exact) mass is 349 g/mol. The van der Waals surface area contributed by atoms with Crippen LogP contribution in [-0.2, 0) is 4.79 Å². The summed E-state index contributed by atoms with van der Waals surface area (Å²) in [4.78, 5) is 13.0. The molecule has 0 bridgehead atoms. The molecule has 0 aromatic carbocycles. The number of nitrogens with zero attached hydrogens (tertiary/aromatic N) is 2. The molecule has 0 amide bonds. The Balaban J connectivity index is 0.00000529. The number of aliphatic hydroxyl groups is 1. The van der Waals surface area contributed by atoms with Crippen LogP contribution < -0.4 is 34.7 Å². The first-order valence-electron chi connectivity index (χ1n) is 9.35. The molecule has 0 radical (unpaired) electrons. The van der Waals surface area contributed by atoms with E-state index in [0.29, 0.717) is 6.54 Å². The summed E-state index contributed by atoms with van der Waals surface area (Å²) in [6.45, 7) is 4.44. The molecule has 5 nitrogen and oxygen atoms in total. The molecule has 1 heterocycles. The number of unbranched alkanes of at least 4 members (excludes halogenated alkanes) is 8. The molecule has 0 aromatic rings. The number of carbonyl (C=O) groups is 1. The maximum absolute atomic E-state index is 10.9. The normalized spacial score (nSPS) is 14.2. The Bertz CT molecular complexity index is 375. The van der Waals surface area contributed by atoms with E-state index in [2.05, 4.69) is 11.8 Å². The molecule has 0 saturated carbocycles. The number of carbonyl (C=O) groups excluding carboxylic acids is 1. The number of hydrogen-bond acceptors (Lipinski definition) is 4. The van der Waals surface area contributed by atoms with Gasteiger partial charge in [0.1, 0.15) is 26.2 Å². The topological polar surface area (TPSA) is 66.6 Å². The zero-order chi connectivity index (χ0) is 16.9. The Labute approximate surface area is 169 Å². The Morgan fingerprint density at radius 3 is 2.25 bits per heavy atom. The second-order valence-electron chi connectivity index (χ2n) is 6.50. The van der Waals surface area contributed by atoms with Crippen molar-refractivity contribution >= 4 is 11.8 Å². The van der Waals surface area contributed by atoms with Crippen LogP contribution in [0.25, 0.3) is 0 Å². The maximum atomic E-state index is 10.9. The van der Waals surface area contributed by atoms with Gasteiger partial charge in [-0.3, -0.25) is 9.48 Å². The van der Waals surface area contributed by atoms with Crippen molar-refractivity contribution in [3.05, 3.63) is 0 Å². The minimum Gasteiger partial charge on any atom is -0.546 e. The van der Waals surface area contributed by atoms with Gasteiger partial charge in [-0.25, -0.2) is 0 Å². The average molecular weight is 349 g/mol. The first-order chi connectivity index (χ1) is 11.2. The maximum Gasteiger partial charge on any atom is 1.00 e. The molecule has 0 saturated heterocycles. The summed E-state index contributed by atoms with van der Waals surface area (Å²) in [5, 5.41) is 20.0. The Hall–Kier alpha value is -0.100.